The van der Waals surface area contributed by atoms with Crippen molar-refractivity contribution < 1.29 is 9.53 Å². The smallest absolute Gasteiger partial charge is 0.134 e. The minimum atomic E-state index is 0.217. The van der Waals surface area contributed by atoms with Crippen LogP contribution in [0.25, 0.3) is 0 Å². The SMILES string of the molecule is CC(=O)Cc1ccc2c(c1)[C@H]1OCCC[C@H]1[C@@H](C1CCCCC1)N2. The molecular formula is C21H29NO2. The van der Waals surface area contributed by atoms with Gasteiger partial charge in [-0.15, -0.1) is 0 Å². The Bertz CT molecular complexity index is 606. The van der Waals surface area contributed by atoms with Gasteiger partial charge >= 0.3 is 0 Å². The van der Waals surface area contributed by atoms with Crippen molar-refractivity contribution in [1.29, 1.82) is 0 Å². The Labute approximate surface area is 145 Å². The summed E-state index contributed by atoms with van der Waals surface area (Å²) in [5.74, 6) is 1.60. The van der Waals surface area contributed by atoms with Crippen molar-refractivity contribution in [3.63, 3.8) is 0 Å². The second kappa shape index (κ2) is 6.87. The zero-order chi connectivity index (χ0) is 16.5. The lowest BCUT2D eigenvalue weighted by atomic mass is 9.71. The number of ether oxygens (including phenoxy) is 1. The standard InChI is InChI=1S/C21H29NO2/c1-14(23)12-15-9-10-19-18(13-15)21-17(8-5-11-24-21)20(22-19)16-6-3-2-4-7-16/h9-10,13,16-17,20-22H,2-8,11-12H2,1H3/t17-,20+,21-/m0/s1. The monoisotopic (exact) mass is 327 g/mol. The maximum atomic E-state index is 11.5. The maximum Gasteiger partial charge on any atom is 0.134 e. The van der Waals surface area contributed by atoms with Crippen LogP contribution < -0.4 is 5.32 Å². The van der Waals surface area contributed by atoms with Crippen molar-refractivity contribution in [2.45, 2.75) is 70.4 Å². The number of carbonyl (C=O) groups is 1. The summed E-state index contributed by atoms with van der Waals surface area (Å²) in [5.41, 5.74) is 3.64. The van der Waals surface area contributed by atoms with Crippen molar-refractivity contribution >= 4 is 11.5 Å². The Balaban J connectivity index is 1.65. The average molecular weight is 327 g/mol. The van der Waals surface area contributed by atoms with Crippen LogP contribution in [0.4, 0.5) is 5.69 Å². The molecule has 2 fully saturated rings. The molecule has 1 aliphatic carbocycles. The van der Waals surface area contributed by atoms with E-state index in [4.69, 9.17) is 4.74 Å². The molecule has 130 valence electrons. The van der Waals surface area contributed by atoms with Gasteiger partial charge in [-0.25, -0.2) is 0 Å². The molecule has 2 heterocycles. The van der Waals surface area contributed by atoms with E-state index >= 15 is 0 Å². The summed E-state index contributed by atoms with van der Waals surface area (Å²) >= 11 is 0. The molecule has 1 aromatic rings. The Morgan fingerprint density at radius 2 is 2.00 bits per heavy atom. The highest BCUT2D eigenvalue weighted by atomic mass is 16.5. The number of rotatable bonds is 3. The molecule has 3 aliphatic rings. The fraction of sp³-hybridized carbons (Fsp3) is 0.667. The van der Waals surface area contributed by atoms with E-state index in [2.05, 4.69) is 23.5 Å². The summed E-state index contributed by atoms with van der Waals surface area (Å²) in [5, 5.41) is 3.88. The quantitative estimate of drug-likeness (QED) is 0.877. The molecule has 0 radical (unpaired) electrons. The second-order valence-electron chi connectivity index (χ2n) is 7.97. The van der Waals surface area contributed by atoms with E-state index in [0.717, 1.165) is 18.1 Å². The van der Waals surface area contributed by atoms with Crippen molar-refractivity contribution in [3.05, 3.63) is 29.3 Å². The number of fused-ring (bicyclic) bond motifs is 3. The molecule has 0 amide bonds. The molecule has 0 unspecified atom stereocenters. The molecule has 0 aromatic heterocycles. The summed E-state index contributed by atoms with van der Waals surface area (Å²) in [7, 11) is 0. The first-order valence-corrected chi connectivity index (χ1v) is 9.73. The fourth-order valence-electron chi connectivity index (χ4n) is 5.12. The van der Waals surface area contributed by atoms with Gasteiger partial charge in [0, 0.05) is 36.2 Å². The van der Waals surface area contributed by atoms with Crippen LogP contribution in [-0.2, 0) is 16.0 Å². The molecule has 3 nitrogen and oxygen atoms in total. The van der Waals surface area contributed by atoms with Crippen LogP contribution in [-0.4, -0.2) is 18.4 Å². The first-order valence-electron chi connectivity index (χ1n) is 9.73. The van der Waals surface area contributed by atoms with Gasteiger partial charge in [0.15, 0.2) is 0 Å². The zero-order valence-corrected chi connectivity index (χ0v) is 14.7. The maximum absolute atomic E-state index is 11.5. The molecule has 2 aliphatic heterocycles. The van der Waals surface area contributed by atoms with Crippen molar-refractivity contribution in [2.75, 3.05) is 11.9 Å². The highest BCUT2D eigenvalue weighted by Crippen LogP contribution is 2.47. The van der Waals surface area contributed by atoms with Crippen LogP contribution in [0.5, 0.6) is 0 Å². The first-order chi connectivity index (χ1) is 11.7. The minimum Gasteiger partial charge on any atom is -0.381 e. The Hall–Kier alpha value is -1.35. The van der Waals surface area contributed by atoms with E-state index in [1.54, 1.807) is 6.92 Å². The number of hydrogen-bond donors (Lipinski definition) is 1. The van der Waals surface area contributed by atoms with Gasteiger partial charge in [-0.2, -0.15) is 0 Å². The fourth-order valence-corrected chi connectivity index (χ4v) is 5.12. The third kappa shape index (κ3) is 3.11. The van der Waals surface area contributed by atoms with Gasteiger partial charge in [0.2, 0.25) is 0 Å². The van der Waals surface area contributed by atoms with E-state index in [0.29, 0.717) is 18.4 Å². The van der Waals surface area contributed by atoms with Gasteiger partial charge in [-0.05, 0) is 50.2 Å². The van der Waals surface area contributed by atoms with Crippen molar-refractivity contribution in [2.24, 2.45) is 11.8 Å². The van der Waals surface area contributed by atoms with Gasteiger partial charge in [0.1, 0.15) is 5.78 Å². The third-order valence-corrected chi connectivity index (χ3v) is 6.18. The third-order valence-electron chi connectivity index (χ3n) is 6.18. The van der Waals surface area contributed by atoms with Crippen LogP contribution >= 0.6 is 0 Å². The zero-order valence-electron chi connectivity index (χ0n) is 14.7. The molecular weight excluding hydrogens is 298 g/mol. The lowest BCUT2D eigenvalue weighted by Crippen LogP contribution is -2.46. The summed E-state index contributed by atoms with van der Waals surface area (Å²) in [6, 6.07) is 7.05. The summed E-state index contributed by atoms with van der Waals surface area (Å²) < 4.78 is 6.26. The normalized spacial score (nSPS) is 30.1. The summed E-state index contributed by atoms with van der Waals surface area (Å²) in [6.07, 6.45) is 10.1. The predicted molar refractivity (Wildman–Crippen MR) is 96.2 cm³/mol. The van der Waals surface area contributed by atoms with Gasteiger partial charge in [0.25, 0.3) is 0 Å². The molecule has 4 rings (SSSR count). The molecule has 1 N–H and O–H groups in total. The second-order valence-corrected chi connectivity index (χ2v) is 7.97. The molecule has 0 bridgehead atoms. The van der Waals surface area contributed by atoms with E-state index < -0.39 is 0 Å². The molecule has 1 aromatic carbocycles. The number of carbonyl (C=O) groups excluding carboxylic acids is 1. The predicted octanol–water partition coefficient (Wildman–Crippen LogP) is 4.66. The average Bonchev–Trinajstić information content (AvgIpc) is 2.61. The topological polar surface area (TPSA) is 38.3 Å². The van der Waals surface area contributed by atoms with Crippen LogP contribution in [0.1, 0.15) is 69.1 Å². The minimum absolute atomic E-state index is 0.217. The van der Waals surface area contributed by atoms with Crippen LogP contribution in [0, 0.1) is 11.8 Å². The van der Waals surface area contributed by atoms with Gasteiger partial charge in [-0.3, -0.25) is 4.79 Å². The van der Waals surface area contributed by atoms with E-state index in [9.17, 15) is 4.79 Å². The van der Waals surface area contributed by atoms with Crippen LogP contribution in [0.2, 0.25) is 0 Å². The van der Waals surface area contributed by atoms with Crippen LogP contribution in [0.3, 0.4) is 0 Å². The molecule has 0 spiro atoms. The molecule has 1 saturated carbocycles. The number of anilines is 1. The first kappa shape index (κ1) is 16.1. The number of ketones is 1. The molecule has 3 atom stereocenters. The lowest BCUT2D eigenvalue weighted by molar-refractivity contribution is -0.116. The van der Waals surface area contributed by atoms with Gasteiger partial charge in [-0.1, -0.05) is 31.4 Å². The Morgan fingerprint density at radius 1 is 1.17 bits per heavy atom. The van der Waals surface area contributed by atoms with Gasteiger partial charge in [0.05, 0.1) is 6.10 Å². The number of benzene rings is 1. The number of hydrogen-bond acceptors (Lipinski definition) is 3. The van der Waals surface area contributed by atoms with Crippen molar-refractivity contribution in [1.82, 2.24) is 0 Å². The largest absolute Gasteiger partial charge is 0.381 e. The number of Topliss-reactive ketones (excluding diaryl/α,β-unsaturated/α-hetero) is 1. The van der Waals surface area contributed by atoms with E-state index in [-0.39, 0.29) is 11.9 Å². The Kier molecular flexibility index (Phi) is 4.62. The molecule has 1 saturated heterocycles. The van der Waals surface area contributed by atoms with Crippen molar-refractivity contribution in [3.8, 4) is 0 Å². The lowest BCUT2D eigenvalue weighted by Gasteiger charge is -2.47. The van der Waals surface area contributed by atoms with E-state index in [1.807, 2.05) is 0 Å². The summed E-state index contributed by atoms with van der Waals surface area (Å²) in [6.45, 7) is 2.53. The highest BCUT2D eigenvalue weighted by molar-refractivity contribution is 5.78. The molecule has 24 heavy (non-hydrogen) atoms. The van der Waals surface area contributed by atoms with Crippen LogP contribution in [0.15, 0.2) is 18.2 Å². The molecule has 3 heteroatoms. The van der Waals surface area contributed by atoms with Gasteiger partial charge < -0.3 is 10.1 Å². The van der Waals surface area contributed by atoms with E-state index in [1.165, 1.54) is 56.2 Å². The summed E-state index contributed by atoms with van der Waals surface area (Å²) in [4.78, 5) is 11.5. The Morgan fingerprint density at radius 3 is 2.79 bits per heavy atom. The number of nitrogens with one attached hydrogen (secondary N) is 1. The highest BCUT2D eigenvalue weighted by Gasteiger charge is 2.42.